The molecule has 6 nitrogen and oxygen atoms in total. The fourth-order valence-corrected chi connectivity index (χ4v) is 2.37. The Morgan fingerprint density at radius 1 is 1.41 bits per heavy atom. The van der Waals surface area contributed by atoms with Crippen molar-refractivity contribution in [2.24, 2.45) is 0 Å². The molecule has 0 unspecified atom stereocenters. The first-order valence-corrected chi connectivity index (χ1v) is 7.00. The molecule has 1 aromatic heterocycles. The Morgan fingerprint density at radius 2 is 2.05 bits per heavy atom. The molecular formula is C14H16ClFN2O4. The first-order chi connectivity index (χ1) is 10.2. The van der Waals surface area contributed by atoms with Gasteiger partial charge in [-0.25, -0.2) is 14.1 Å². The lowest BCUT2D eigenvalue weighted by Gasteiger charge is -2.30. The smallest absolute Gasteiger partial charge is 0.417 e. The molecule has 120 valence electrons. The summed E-state index contributed by atoms with van der Waals surface area (Å²) in [6.45, 7) is 5.06. The van der Waals surface area contributed by atoms with Crippen LogP contribution >= 0.6 is 11.6 Å². The number of halogens is 2. The van der Waals surface area contributed by atoms with Gasteiger partial charge in [0.05, 0.1) is 12.7 Å². The lowest BCUT2D eigenvalue weighted by molar-refractivity contribution is 0.0232. The molecule has 2 rings (SSSR count). The molecule has 1 aliphatic rings. The molecular weight excluding hydrogens is 315 g/mol. The first-order valence-electron chi connectivity index (χ1n) is 6.62. The van der Waals surface area contributed by atoms with Crippen LogP contribution in [0.25, 0.3) is 0 Å². The monoisotopic (exact) mass is 330 g/mol. The van der Waals surface area contributed by atoms with Crippen molar-refractivity contribution in [3.8, 4) is 5.88 Å². The van der Waals surface area contributed by atoms with E-state index in [2.05, 4.69) is 4.98 Å². The highest BCUT2D eigenvalue weighted by Gasteiger charge is 2.36. The minimum atomic E-state index is -0.796. The van der Waals surface area contributed by atoms with E-state index in [4.69, 9.17) is 21.1 Å². The Hall–Kier alpha value is -1.89. The highest BCUT2D eigenvalue weighted by molar-refractivity contribution is 6.33. The number of hydrogen-bond acceptors (Lipinski definition) is 5. The molecule has 0 bridgehead atoms. The second kappa shape index (κ2) is 5.72. The molecule has 0 spiro atoms. The molecule has 2 heterocycles. The molecule has 2 amide bonds. The van der Waals surface area contributed by atoms with Crippen molar-refractivity contribution in [1.82, 2.24) is 9.88 Å². The number of hydrogen-bond donors (Lipinski definition) is 0. The molecule has 0 N–H and O–H groups in total. The van der Waals surface area contributed by atoms with Crippen molar-refractivity contribution in [1.29, 1.82) is 0 Å². The predicted molar refractivity (Wildman–Crippen MR) is 76.7 cm³/mol. The van der Waals surface area contributed by atoms with E-state index < -0.39 is 23.4 Å². The van der Waals surface area contributed by atoms with Gasteiger partial charge in [-0.05, 0) is 27.2 Å². The lowest BCUT2D eigenvalue weighted by Crippen LogP contribution is -2.45. The minimum absolute atomic E-state index is 0.00115. The van der Waals surface area contributed by atoms with E-state index in [0.29, 0.717) is 0 Å². The second-order valence-corrected chi connectivity index (χ2v) is 6.12. The van der Waals surface area contributed by atoms with Crippen molar-refractivity contribution in [3.05, 3.63) is 22.1 Å². The maximum absolute atomic E-state index is 14.2. The largest absolute Gasteiger partial charge is 0.479 e. The van der Waals surface area contributed by atoms with E-state index >= 15 is 0 Å². The Balaban J connectivity index is 2.39. The first kappa shape index (κ1) is 16.5. The maximum Gasteiger partial charge on any atom is 0.417 e. The molecule has 1 aliphatic heterocycles. The molecule has 0 aromatic carbocycles. The third-order valence-corrected chi connectivity index (χ3v) is 3.29. The van der Waals surface area contributed by atoms with Gasteiger partial charge in [0.25, 0.3) is 11.8 Å². The average molecular weight is 331 g/mol. The molecule has 0 saturated carbocycles. The van der Waals surface area contributed by atoms with Gasteiger partial charge in [-0.1, -0.05) is 11.6 Å². The molecule has 0 aliphatic carbocycles. The van der Waals surface area contributed by atoms with Crippen LogP contribution < -0.4 is 4.74 Å². The summed E-state index contributed by atoms with van der Waals surface area (Å²) >= 11 is 5.94. The summed E-state index contributed by atoms with van der Waals surface area (Å²) in [4.78, 5) is 29.1. The standard InChI is InChI=1S/C14H16ClFN2O4/c1-14(2,3)22-13(20)18-6-5-7-8(12(18)19)10(15)17-11(21-4)9(7)16/h5-6H2,1-4H3. The van der Waals surface area contributed by atoms with Gasteiger partial charge in [0.2, 0.25) is 0 Å². The maximum atomic E-state index is 14.2. The van der Waals surface area contributed by atoms with E-state index in [0.717, 1.165) is 4.90 Å². The van der Waals surface area contributed by atoms with Crippen LogP contribution in [0.3, 0.4) is 0 Å². The summed E-state index contributed by atoms with van der Waals surface area (Å²) < 4.78 is 24.1. The topological polar surface area (TPSA) is 68.7 Å². The van der Waals surface area contributed by atoms with Crippen LogP contribution in [0.5, 0.6) is 5.88 Å². The zero-order valence-electron chi connectivity index (χ0n) is 12.7. The number of carbonyl (C=O) groups excluding carboxylic acids is 2. The van der Waals surface area contributed by atoms with Gasteiger partial charge < -0.3 is 9.47 Å². The fourth-order valence-electron chi connectivity index (χ4n) is 2.10. The van der Waals surface area contributed by atoms with Crippen LogP contribution in [0.1, 0.15) is 36.7 Å². The number of amides is 2. The van der Waals surface area contributed by atoms with Crippen molar-refractivity contribution < 1.29 is 23.5 Å². The summed E-state index contributed by atoms with van der Waals surface area (Å²) in [5.74, 6) is -1.74. The Bertz CT molecular complexity index is 643. The molecule has 0 radical (unpaired) electrons. The molecule has 8 heteroatoms. The number of fused-ring (bicyclic) bond motifs is 1. The number of pyridine rings is 1. The number of imide groups is 1. The van der Waals surface area contributed by atoms with E-state index in [1.54, 1.807) is 20.8 Å². The normalized spacial score (nSPS) is 14.6. The second-order valence-electron chi connectivity index (χ2n) is 5.77. The highest BCUT2D eigenvalue weighted by atomic mass is 35.5. The Labute approximate surface area is 132 Å². The average Bonchev–Trinajstić information content (AvgIpc) is 2.40. The Kier molecular flexibility index (Phi) is 4.28. The number of nitrogens with zero attached hydrogens (tertiary/aromatic N) is 2. The van der Waals surface area contributed by atoms with E-state index in [1.165, 1.54) is 7.11 Å². The molecule has 0 atom stereocenters. The predicted octanol–water partition coefficient (Wildman–Crippen LogP) is 2.82. The molecule has 22 heavy (non-hydrogen) atoms. The van der Waals surface area contributed by atoms with Crippen molar-refractivity contribution in [2.45, 2.75) is 32.8 Å². The molecule has 0 saturated heterocycles. The van der Waals surface area contributed by atoms with Gasteiger partial charge in [-0.15, -0.1) is 0 Å². The number of ether oxygens (including phenoxy) is 2. The van der Waals surface area contributed by atoms with E-state index in [1.807, 2.05) is 0 Å². The van der Waals surface area contributed by atoms with Crippen LogP contribution in [0, 0.1) is 5.82 Å². The van der Waals surface area contributed by atoms with Gasteiger partial charge in [0, 0.05) is 12.1 Å². The van der Waals surface area contributed by atoms with Crippen LogP contribution in [-0.4, -0.2) is 41.1 Å². The van der Waals surface area contributed by atoms with Crippen molar-refractivity contribution >= 4 is 23.6 Å². The van der Waals surface area contributed by atoms with E-state index in [-0.39, 0.29) is 35.1 Å². The number of aromatic nitrogens is 1. The van der Waals surface area contributed by atoms with Crippen molar-refractivity contribution in [2.75, 3.05) is 13.7 Å². The summed E-state index contributed by atoms with van der Waals surface area (Å²) in [6.07, 6.45) is -0.680. The Morgan fingerprint density at radius 3 is 2.59 bits per heavy atom. The van der Waals surface area contributed by atoms with Gasteiger partial charge in [-0.3, -0.25) is 4.79 Å². The van der Waals surface area contributed by atoms with Gasteiger partial charge >= 0.3 is 6.09 Å². The van der Waals surface area contributed by atoms with Crippen LogP contribution in [-0.2, 0) is 11.2 Å². The zero-order chi connectivity index (χ0) is 16.7. The molecule has 0 fully saturated rings. The lowest BCUT2D eigenvalue weighted by atomic mass is 10.0. The van der Waals surface area contributed by atoms with Gasteiger partial charge in [0.1, 0.15) is 10.8 Å². The van der Waals surface area contributed by atoms with Crippen LogP contribution in [0.4, 0.5) is 9.18 Å². The highest BCUT2D eigenvalue weighted by Crippen LogP contribution is 2.32. The summed E-state index contributed by atoms with van der Waals surface area (Å²) in [7, 11) is 1.26. The van der Waals surface area contributed by atoms with Gasteiger partial charge in [-0.2, -0.15) is 4.98 Å². The summed E-state index contributed by atoms with van der Waals surface area (Å²) in [5, 5.41) is -0.202. The number of methoxy groups -OCH3 is 1. The summed E-state index contributed by atoms with van der Waals surface area (Å²) in [6, 6.07) is 0. The summed E-state index contributed by atoms with van der Waals surface area (Å²) in [5.41, 5.74) is -0.774. The third-order valence-electron chi connectivity index (χ3n) is 3.01. The van der Waals surface area contributed by atoms with Crippen LogP contribution in [0.15, 0.2) is 0 Å². The van der Waals surface area contributed by atoms with E-state index in [9.17, 15) is 14.0 Å². The van der Waals surface area contributed by atoms with Gasteiger partial charge in [0.15, 0.2) is 5.82 Å². The van der Waals surface area contributed by atoms with Crippen molar-refractivity contribution in [3.63, 3.8) is 0 Å². The number of carbonyl (C=O) groups is 2. The minimum Gasteiger partial charge on any atom is -0.479 e. The molecule has 1 aromatic rings. The zero-order valence-corrected chi connectivity index (χ0v) is 13.5. The van der Waals surface area contributed by atoms with Crippen LogP contribution in [0.2, 0.25) is 5.15 Å². The quantitative estimate of drug-likeness (QED) is 0.741. The third kappa shape index (κ3) is 2.99. The fraction of sp³-hybridized carbons (Fsp3) is 0.500. The number of rotatable bonds is 1. The SMILES string of the molecule is COc1nc(Cl)c2c(c1F)CCN(C(=O)OC(C)(C)C)C2=O.